The second kappa shape index (κ2) is 10.5. The lowest BCUT2D eigenvalue weighted by Gasteiger charge is -2.27. The van der Waals surface area contributed by atoms with Crippen molar-refractivity contribution in [3.8, 4) is 11.5 Å². The van der Waals surface area contributed by atoms with Crippen molar-refractivity contribution in [3.63, 3.8) is 0 Å². The van der Waals surface area contributed by atoms with Crippen LogP contribution in [0.25, 0.3) is 0 Å². The Hall–Kier alpha value is -3.71. The van der Waals surface area contributed by atoms with Gasteiger partial charge in [-0.15, -0.1) is 0 Å². The Morgan fingerprint density at radius 3 is 2.13 bits per heavy atom. The van der Waals surface area contributed by atoms with Gasteiger partial charge in [-0.2, -0.15) is 13.2 Å². The van der Waals surface area contributed by atoms with Crippen molar-refractivity contribution in [2.75, 3.05) is 11.2 Å². The summed E-state index contributed by atoms with van der Waals surface area (Å²) in [6, 6.07) is 15.5. The number of hydrogen-bond acceptors (Lipinski definition) is 7. The van der Waals surface area contributed by atoms with Gasteiger partial charge in [-0.05, 0) is 84.8 Å². The fourth-order valence-corrected chi connectivity index (χ4v) is 5.19. The van der Waals surface area contributed by atoms with E-state index in [1.165, 1.54) is 35.2 Å². The summed E-state index contributed by atoms with van der Waals surface area (Å²) >= 11 is -0.225. The summed E-state index contributed by atoms with van der Waals surface area (Å²) in [6.45, 7) is 0.0721. The number of nitrogens with zero attached hydrogens (tertiary/aromatic N) is 1. The summed E-state index contributed by atoms with van der Waals surface area (Å²) in [5.41, 5.74) is 0.809. The fraction of sp³-hybridized carbons (Fsp3) is 0.231. The van der Waals surface area contributed by atoms with E-state index in [-0.39, 0.29) is 46.7 Å². The van der Waals surface area contributed by atoms with Gasteiger partial charge in [-0.3, -0.25) is 14.5 Å². The molecule has 4 rings (SSSR count). The Kier molecular flexibility index (Phi) is 7.59. The number of carbonyl (C=O) groups excluding carboxylic acids is 2. The van der Waals surface area contributed by atoms with E-state index in [9.17, 15) is 36.3 Å². The van der Waals surface area contributed by atoms with Crippen molar-refractivity contribution < 1.29 is 41.0 Å². The molecule has 0 heterocycles. The smallest absolute Gasteiger partial charge is 0.446 e. The van der Waals surface area contributed by atoms with E-state index in [0.717, 1.165) is 18.4 Å². The molecule has 8 nitrogen and oxygen atoms in total. The van der Waals surface area contributed by atoms with Gasteiger partial charge in [-0.1, -0.05) is 12.1 Å². The van der Waals surface area contributed by atoms with Crippen LogP contribution in [0.15, 0.2) is 76.5 Å². The number of primary amides is 1. The van der Waals surface area contributed by atoms with Crippen molar-refractivity contribution in [2.24, 2.45) is 11.1 Å². The molecule has 0 atom stereocenters. The Balaban J connectivity index is 1.58. The zero-order valence-corrected chi connectivity index (χ0v) is 22.1. The van der Waals surface area contributed by atoms with Gasteiger partial charge in [0.2, 0.25) is 11.8 Å². The lowest BCUT2D eigenvalue weighted by molar-refractivity contribution is -0.133. The average Bonchev–Trinajstić information content (AvgIpc) is 3.66. The van der Waals surface area contributed by atoms with Gasteiger partial charge >= 0.3 is 5.51 Å². The number of anilines is 2. The van der Waals surface area contributed by atoms with Crippen LogP contribution in [0.2, 0.25) is 0 Å². The highest BCUT2D eigenvalue weighted by Crippen LogP contribution is 2.49. The number of rotatable bonds is 9. The Morgan fingerprint density at radius 2 is 1.62 bits per heavy atom. The van der Waals surface area contributed by atoms with Crippen LogP contribution in [0.1, 0.15) is 18.4 Å². The Morgan fingerprint density at radius 1 is 1.03 bits per heavy atom. The zero-order chi connectivity index (χ0) is 28.6. The molecule has 0 spiro atoms. The lowest BCUT2D eigenvalue weighted by atomic mass is 10.0. The van der Waals surface area contributed by atoms with Crippen molar-refractivity contribution in [1.29, 1.82) is 0 Å². The van der Waals surface area contributed by atoms with Crippen LogP contribution >= 0.6 is 11.8 Å². The third kappa shape index (κ3) is 6.48. The number of phenolic OH excluding ortho intramolecular Hbond substituents is 1. The molecule has 3 aromatic rings. The van der Waals surface area contributed by atoms with Crippen molar-refractivity contribution in [2.45, 2.75) is 34.7 Å². The lowest BCUT2D eigenvalue weighted by Crippen LogP contribution is -2.41. The van der Waals surface area contributed by atoms with Gasteiger partial charge in [0.1, 0.15) is 28.4 Å². The molecule has 0 radical (unpaired) electrons. The molecule has 0 aliphatic heterocycles. The van der Waals surface area contributed by atoms with Crippen LogP contribution < -0.4 is 15.4 Å². The minimum Gasteiger partial charge on any atom is -0.507 e. The molecule has 0 unspecified atom stereocenters. The van der Waals surface area contributed by atoms with Gasteiger partial charge in [0.15, 0.2) is 9.84 Å². The number of alkyl halides is 3. The maximum atomic E-state index is 13.5. The monoisotopic (exact) mass is 580 g/mol. The van der Waals surface area contributed by atoms with Gasteiger partial charge < -0.3 is 15.6 Å². The normalized spacial score (nSPS) is 14.5. The van der Waals surface area contributed by atoms with Crippen molar-refractivity contribution >= 4 is 44.8 Å². The molecule has 0 bridgehead atoms. The van der Waals surface area contributed by atoms with Crippen LogP contribution in [0.3, 0.4) is 0 Å². The number of phenols is 1. The van der Waals surface area contributed by atoms with Gasteiger partial charge in [-0.25, -0.2) is 8.42 Å². The number of nitrogens with two attached hydrogens (primary N) is 1. The molecule has 13 heteroatoms. The highest BCUT2D eigenvalue weighted by atomic mass is 32.2. The molecule has 0 aromatic heterocycles. The molecular formula is C26H23F3N2O6S2. The van der Waals surface area contributed by atoms with Crippen molar-refractivity contribution in [3.05, 3.63) is 72.3 Å². The zero-order valence-electron chi connectivity index (χ0n) is 20.4. The first-order valence-electron chi connectivity index (χ1n) is 11.4. The third-order valence-electron chi connectivity index (χ3n) is 6.09. The highest BCUT2D eigenvalue weighted by Gasteiger charge is 2.57. The summed E-state index contributed by atoms with van der Waals surface area (Å²) in [5.74, 6) is -1.54. The molecule has 1 aliphatic carbocycles. The first-order chi connectivity index (χ1) is 18.2. The molecule has 3 N–H and O–H groups in total. The number of benzene rings is 3. The molecule has 0 saturated heterocycles. The second-order valence-electron chi connectivity index (χ2n) is 8.99. The van der Waals surface area contributed by atoms with Crippen LogP contribution in [-0.2, 0) is 26.0 Å². The SMILES string of the molecule is CS(=O)(=O)c1cc(N(C(=O)C2(C(N)=O)CC2)c2ccc(COc3ccc(SC(F)(F)F)cc3)cc2)ccc1O. The van der Waals surface area contributed by atoms with Crippen molar-refractivity contribution in [1.82, 2.24) is 0 Å². The first-order valence-corrected chi connectivity index (χ1v) is 14.2. The molecule has 1 aliphatic rings. The molecule has 2 amide bonds. The number of carbonyl (C=O) groups is 2. The van der Waals surface area contributed by atoms with Crippen LogP contribution in [-0.4, -0.2) is 37.1 Å². The predicted molar refractivity (Wildman–Crippen MR) is 138 cm³/mol. The first kappa shape index (κ1) is 28.3. The van der Waals surface area contributed by atoms with E-state index < -0.39 is 38.3 Å². The number of aromatic hydroxyl groups is 1. The van der Waals surface area contributed by atoms with Gasteiger partial charge in [0.05, 0.1) is 5.69 Å². The second-order valence-corrected chi connectivity index (χ2v) is 12.1. The molecular weight excluding hydrogens is 557 g/mol. The highest BCUT2D eigenvalue weighted by molar-refractivity contribution is 8.00. The minimum atomic E-state index is -4.39. The molecule has 1 fully saturated rings. The number of hydrogen-bond donors (Lipinski definition) is 2. The third-order valence-corrected chi connectivity index (χ3v) is 7.96. The van der Waals surface area contributed by atoms with Crippen LogP contribution in [0, 0.1) is 5.41 Å². The van der Waals surface area contributed by atoms with E-state index in [1.54, 1.807) is 24.3 Å². The van der Waals surface area contributed by atoms with E-state index in [4.69, 9.17) is 10.5 Å². The summed E-state index contributed by atoms with van der Waals surface area (Å²) in [6.07, 6.45) is 1.42. The summed E-state index contributed by atoms with van der Waals surface area (Å²) in [5, 5.41) is 10.1. The van der Waals surface area contributed by atoms with E-state index in [0.29, 0.717) is 17.0 Å². The van der Waals surface area contributed by atoms with Crippen LogP contribution in [0.5, 0.6) is 11.5 Å². The summed E-state index contributed by atoms with van der Waals surface area (Å²) in [7, 11) is -3.84. The maximum Gasteiger partial charge on any atom is 0.446 e. The molecule has 1 saturated carbocycles. The molecule has 39 heavy (non-hydrogen) atoms. The van der Waals surface area contributed by atoms with Gasteiger partial charge in [0, 0.05) is 16.8 Å². The quantitative estimate of drug-likeness (QED) is 0.272. The largest absolute Gasteiger partial charge is 0.507 e. The van der Waals surface area contributed by atoms with E-state index in [1.807, 2.05) is 0 Å². The average molecular weight is 581 g/mol. The number of ether oxygens (including phenoxy) is 1. The van der Waals surface area contributed by atoms with E-state index >= 15 is 0 Å². The van der Waals surface area contributed by atoms with Gasteiger partial charge in [0.25, 0.3) is 0 Å². The minimum absolute atomic E-state index is 0.0293. The number of thioether (sulfide) groups is 1. The number of amides is 2. The van der Waals surface area contributed by atoms with Crippen LogP contribution in [0.4, 0.5) is 24.5 Å². The maximum absolute atomic E-state index is 13.5. The topological polar surface area (TPSA) is 127 Å². The number of sulfone groups is 1. The molecule has 3 aromatic carbocycles. The fourth-order valence-electron chi connectivity index (χ4n) is 3.87. The molecule has 206 valence electrons. The Bertz CT molecular complexity index is 1500. The predicted octanol–water partition coefficient (Wildman–Crippen LogP) is 4.92. The Labute approximate surface area is 226 Å². The standard InChI is InChI=1S/C26H23F3N2O6S2/c1-39(35,36)22-14-18(6-11-21(22)32)31(24(34)25(12-13-25)23(30)33)17-4-2-16(3-5-17)15-37-19-7-9-20(10-8-19)38-26(27,28)29/h2-11,14,32H,12-13,15H2,1H3,(H2,30,33). The van der Waals surface area contributed by atoms with E-state index in [2.05, 4.69) is 0 Å². The summed E-state index contributed by atoms with van der Waals surface area (Å²) in [4.78, 5) is 26.5. The summed E-state index contributed by atoms with van der Waals surface area (Å²) < 4.78 is 67.5. The number of halogens is 3.